The summed E-state index contributed by atoms with van der Waals surface area (Å²) in [6.45, 7) is 7.47. The Morgan fingerprint density at radius 2 is 2.00 bits per heavy atom. The van der Waals surface area contributed by atoms with Crippen LogP contribution in [0.2, 0.25) is 0 Å². The van der Waals surface area contributed by atoms with Gasteiger partial charge in [-0.3, -0.25) is 4.90 Å². The van der Waals surface area contributed by atoms with Gasteiger partial charge in [0.05, 0.1) is 34.3 Å². The van der Waals surface area contributed by atoms with Gasteiger partial charge >= 0.3 is 6.09 Å². The number of nitrogens with zero attached hydrogens (tertiary/aromatic N) is 3. The Bertz CT molecular complexity index is 1040. The fourth-order valence-corrected chi connectivity index (χ4v) is 5.37. The molecule has 2 aliphatic rings. The molecule has 0 aliphatic carbocycles. The molecule has 10 heteroatoms. The van der Waals surface area contributed by atoms with Crippen molar-refractivity contribution >= 4 is 63.2 Å². The third kappa shape index (κ3) is 4.87. The van der Waals surface area contributed by atoms with Crippen LogP contribution >= 0.6 is 35.8 Å². The van der Waals surface area contributed by atoms with Gasteiger partial charge in [-0.2, -0.15) is 0 Å². The first-order valence-corrected chi connectivity index (χ1v) is 12.1. The minimum Gasteiger partial charge on any atom is -0.442 e. The van der Waals surface area contributed by atoms with Crippen LogP contribution in [0.15, 0.2) is 29.6 Å². The molecule has 0 bridgehead atoms. The molecule has 170 valence electrons. The second-order valence-corrected chi connectivity index (χ2v) is 9.82. The van der Waals surface area contributed by atoms with Gasteiger partial charge in [0.2, 0.25) is 0 Å². The smallest absolute Gasteiger partial charge is 0.414 e. The van der Waals surface area contributed by atoms with Gasteiger partial charge < -0.3 is 19.9 Å². The average molecular weight is 493 g/mol. The van der Waals surface area contributed by atoms with Crippen LogP contribution in [0.25, 0.3) is 0 Å². The van der Waals surface area contributed by atoms with Gasteiger partial charge in [0.25, 0.3) is 0 Å². The lowest BCUT2D eigenvalue weighted by molar-refractivity contribution is 0.143. The second-order valence-electron chi connectivity index (χ2n) is 7.90. The van der Waals surface area contributed by atoms with Crippen molar-refractivity contribution < 1.29 is 13.9 Å². The highest BCUT2D eigenvalue weighted by atomic mass is 32.1. The number of halogens is 1. The first-order valence-electron chi connectivity index (χ1n) is 10.4. The molecule has 1 amide bonds. The van der Waals surface area contributed by atoms with Crippen molar-refractivity contribution in [2.45, 2.75) is 20.0 Å². The maximum atomic E-state index is 15.0. The number of aryl methyl sites for hydroxylation is 1. The SMILES string of the molecule is CC(=S)NCC1CN(c2ccc(N3CCN(C(=S)c4sccc4C)CC3)c(F)c2)C(=O)O1. The number of benzene rings is 1. The van der Waals surface area contributed by atoms with Crippen LogP contribution in [0.4, 0.5) is 20.6 Å². The summed E-state index contributed by atoms with van der Waals surface area (Å²) in [5, 5.41) is 5.05. The van der Waals surface area contributed by atoms with Crippen molar-refractivity contribution in [1.29, 1.82) is 0 Å². The Balaban J connectivity index is 1.38. The first kappa shape index (κ1) is 22.9. The number of cyclic esters (lactones) is 1. The van der Waals surface area contributed by atoms with Crippen molar-refractivity contribution in [2.24, 2.45) is 0 Å². The molecule has 6 nitrogen and oxygen atoms in total. The van der Waals surface area contributed by atoms with E-state index < -0.39 is 6.09 Å². The van der Waals surface area contributed by atoms with Crippen LogP contribution in [-0.4, -0.2) is 66.3 Å². The molecule has 1 N–H and O–H groups in total. The number of rotatable bonds is 5. The zero-order valence-corrected chi connectivity index (χ0v) is 20.4. The Labute approximate surface area is 201 Å². The van der Waals surface area contributed by atoms with Crippen LogP contribution < -0.4 is 15.1 Å². The molecule has 2 aromatic rings. The molecule has 0 spiro atoms. The molecular weight excluding hydrogens is 467 g/mol. The zero-order valence-electron chi connectivity index (χ0n) is 18.0. The van der Waals surface area contributed by atoms with Crippen molar-refractivity contribution in [2.75, 3.05) is 49.1 Å². The number of piperazine rings is 1. The topological polar surface area (TPSA) is 48.0 Å². The predicted molar refractivity (Wildman–Crippen MR) is 135 cm³/mol. The summed E-state index contributed by atoms with van der Waals surface area (Å²) < 4.78 is 20.4. The fraction of sp³-hybridized carbons (Fsp3) is 0.409. The molecule has 1 unspecified atom stereocenters. The molecule has 0 radical (unpaired) electrons. The van der Waals surface area contributed by atoms with Crippen LogP contribution in [0.1, 0.15) is 17.4 Å². The number of amides is 1. The van der Waals surface area contributed by atoms with Gasteiger partial charge in [0, 0.05) is 26.2 Å². The first-order chi connectivity index (χ1) is 15.3. The number of nitrogens with one attached hydrogen (secondary N) is 1. The molecule has 32 heavy (non-hydrogen) atoms. The quantitative estimate of drug-likeness (QED) is 0.634. The third-order valence-corrected chi connectivity index (χ3v) is 7.42. The van der Waals surface area contributed by atoms with E-state index in [1.54, 1.807) is 30.4 Å². The van der Waals surface area contributed by atoms with E-state index in [1.807, 2.05) is 4.90 Å². The molecule has 0 saturated carbocycles. The van der Waals surface area contributed by atoms with Crippen molar-refractivity contribution in [3.8, 4) is 0 Å². The van der Waals surface area contributed by atoms with Gasteiger partial charge in [-0.15, -0.1) is 11.3 Å². The molecule has 2 saturated heterocycles. The summed E-state index contributed by atoms with van der Waals surface area (Å²) in [5.41, 5.74) is 2.22. The van der Waals surface area contributed by atoms with E-state index in [9.17, 15) is 4.79 Å². The summed E-state index contributed by atoms with van der Waals surface area (Å²) in [7, 11) is 0. The van der Waals surface area contributed by atoms with E-state index in [0.29, 0.717) is 42.5 Å². The number of hydrogen-bond donors (Lipinski definition) is 1. The lowest BCUT2D eigenvalue weighted by Gasteiger charge is -2.37. The Morgan fingerprint density at radius 1 is 1.25 bits per heavy atom. The highest BCUT2D eigenvalue weighted by molar-refractivity contribution is 7.81. The molecule has 1 aromatic carbocycles. The highest BCUT2D eigenvalue weighted by Crippen LogP contribution is 2.29. The van der Waals surface area contributed by atoms with Gasteiger partial charge in [0.15, 0.2) is 0 Å². The van der Waals surface area contributed by atoms with E-state index >= 15 is 4.39 Å². The summed E-state index contributed by atoms with van der Waals surface area (Å²) >= 11 is 12.3. The maximum absolute atomic E-state index is 15.0. The minimum absolute atomic E-state index is 0.327. The Morgan fingerprint density at radius 3 is 2.62 bits per heavy atom. The van der Waals surface area contributed by atoms with Gasteiger partial charge in [-0.1, -0.05) is 24.4 Å². The van der Waals surface area contributed by atoms with Crippen molar-refractivity contribution in [1.82, 2.24) is 10.2 Å². The predicted octanol–water partition coefficient (Wildman–Crippen LogP) is 3.96. The second kappa shape index (κ2) is 9.68. The molecule has 1 aromatic heterocycles. The number of thiocarbonyl (C=S) groups is 2. The van der Waals surface area contributed by atoms with E-state index in [0.717, 1.165) is 23.0 Å². The summed E-state index contributed by atoms with van der Waals surface area (Å²) in [4.78, 5) is 20.6. The number of hydrogen-bond acceptors (Lipinski definition) is 6. The third-order valence-electron chi connectivity index (χ3n) is 5.66. The van der Waals surface area contributed by atoms with Gasteiger partial charge in [-0.05, 0) is 49.1 Å². The molecular formula is C22H25FN4O2S3. The highest BCUT2D eigenvalue weighted by Gasteiger charge is 2.33. The Hall–Kier alpha value is -2.30. The number of anilines is 2. The number of carbonyl (C=O) groups excluding carboxylic acids is 1. The summed E-state index contributed by atoms with van der Waals surface area (Å²) in [6.07, 6.45) is -0.802. The van der Waals surface area contributed by atoms with E-state index in [4.69, 9.17) is 29.2 Å². The summed E-state index contributed by atoms with van der Waals surface area (Å²) in [5.74, 6) is -0.350. The monoisotopic (exact) mass is 492 g/mol. The molecule has 3 heterocycles. The van der Waals surface area contributed by atoms with Crippen LogP contribution in [-0.2, 0) is 4.74 Å². The van der Waals surface area contributed by atoms with Crippen LogP contribution in [0, 0.1) is 12.7 Å². The Kier molecular flexibility index (Phi) is 6.92. The lowest BCUT2D eigenvalue weighted by Crippen LogP contribution is -2.48. The number of carbonyl (C=O) groups is 1. The molecule has 2 fully saturated rings. The summed E-state index contributed by atoms with van der Waals surface area (Å²) in [6, 6.07) is 6.99. The number of thiophene rings is 1. The standard InChI is InChI=1S/C22H25FN4O2S3/c1-14-5-10-32-20(14)21(31)26-8-6-25(7-9-26)19-4-3-16(11-18(19)23)27-13-17(29-22(27)28)12-24-15(2)30/h3-5,10-11,17H,6-9,12-13H2,1-2H3,(H,24,30). The maximum Gasteiger partial charge on any atom is 0.414 e. The molecule has 4 rings (SSSR count). The van der Waals surface area contributed by atoms with E-state index in [1.165, 1.54) is 16.5 Å². The van der Waals surface area contributed by atoms with E-state index in [2.05, 4.69) is 28.6 Å². The van der Waals surface area contributed by atoms with E-state index in [-0.39, 0.29) is 11.9 Å². The zero-order chi connectivity index (χ0) is 22.8. The van der Waals surface area contributed by atoms with Gasteiger partial charge in [-0.25, -0.2) is 9.18 Å². The fourth-order valence-electron chi connectivity index (χ4n) is 3.90. The number of ether oxygens (including phenoxy) is 1. The van der Waals surface area contributed by atoms with Crippen molar-refractivity contribution in [3.05, 3.63) is 45.9 Å². The average Bonchev–Trinajstić information content (AvgIpc) is 3.37. The van der Waals surface area contributed by atoms with Gasteiger partial charge in [0.1, 0.15) is 16.9 Å². The normalized spacial score (nSPS) is 18.7. The lowest BCUT2D eigenvalue weighted by atomic mass is 10.2. The minimum atomic E-state index is -0.475. The van der Waals surface area contributed by atoms with Crippen molar-refractivity contribution in [3.63, 3.8) is 0 Å². The van der Waals surface area contributed by atoms with Crippen LogP contribution in [0.3, 0.4) is 0 Å². The van der Waals surface area contributed by atoms with Crippen LogP contribution in [0.5, 0.6) is 0 Å². The molecule has 2 aliphatic heterocycles. The largest absolute Gasteiger partial charge is 0.442 e. The molecule has 1 atom stereocenters.